The van der Waals surface area contributed by atoms with Crippen LogP contribution in [0.3, 0.4) is 0 Å². The highest BCUT2D eigenvalue weighted by Gasteiger charge is 2.32. The highest BCUT2D eigenvalue weighted by Crippen LogP contribution is 2.31. The number of hydrogen-bond acceptors (Lipinski definition) is 3. The fourth-order valence-electron chi connectivity index (χ4n) is 2.76. The number of rotatable bonds is 5. The van der Waals surface area contributed by atoms with Gasteiger partial charge in [0.25, 0.3) is 0 Å². The first-order valence-electron chi connectivity index (χ1n) is 7.20. The van der Waals surface area contributed by atoms with E-state index in [1.54, 1.807) is 15.6 Å². The highest BCUT2D eigenvalue weighted by molar-refractivity contribution is 7.89. The minimum Gasteiger partial charge on any atom is -0.212 e. The lowest BCUT2D eigenvalue weighted by molar-refractivity contribution is 0.473. The molecule has 3 nitrogen and oxygen atoms in total. The van der Waals surface area contributed by atoms with Gasteiger partial charge in [-0.1, -0.05) is 36.4 Å². The maximum Gasteiger partial charge on any atom is 0.214 e. The Morgan fingerprint density at radius 2 is 1.95 bits per heavy atom. The van der Waals surface area contributed by atoms with Gasteiger partial charge in [-0.3, -0.25) is 0 Å². The standard InChI is InChI=1S/C16H19NO2S2/c18-21(19,12-9-14-5-2-1-3-6-14)17-10-8-15(13-17)16-7-4-11-20-16/h1-7,11,15H,8-10,12-13H2. The lowest BCUT2D eigenvalue weighted by Gasteiger charge is -2.16. The van der Waals surface area contributed by atoms with Gasteiger partial charge in [-0.05, 0) is 29.9 Å². The van der Waals surface area contributed by atoms with Crippen molar-refractivity contribution < 1.29 is 8.42 Å². The van der Waals surface area contributed by atoms with Gasteiger partial charge < -0.3 is 0 Å². The topological polar surface area (TPSA) is 37.4 Å². The second-order valence-electron chi connectivity index (χ2n) is 5.41. The van der Waals surface area contributed by atoms with E-state index in [-0.39, 0.29) is 5.75 Å². The predicted molar refractivity (Wildman–Crippen MR) is 87.2 cm³/mol. The molecule has 1 atom stereocenters. The highest BCUT2D eigenvalue weighted by atomic mass is 32.2. The minimum absolute atomic E-state index is 0.203. The molecule has 0 spiro atoms. The van der Waals surface area contributed by atoms with Gasteiger partial charge in [0, 0.05) is 23.9 Å². The molecule has 2 heterocycles. The zero-order valence-corrected chi connectivity index (χ0v) is 13.4. The van der Waals surface area contributed by atoms with Gasteiger partial charge in [0.05, 0.1) is 5.75 Å². The lowest BCUT2D eigenvalue weighted by Crippen LogP contribution is -2.31. The molecule has 112 valence electrons. The van der Waals surface area contributed by atoms with Gasteiger partial charge in [0.2, 0.25) is 10.0 Å². The van der Waals surface area contributed by atoms with Crippen LogP contribution < -0.4 is 0 Å². The molecule has 2 aromatic rings. The van der Waals surface area contributed by atoms with E-state index in [9.17, 15) is 8.42 Å². The Bertz CT molecular complexity index is 666. The summed E-state index contributed by atoms with van der Waals surface area (Å²) in [5, 5.41) is 2.06. The third-order valence-electron chi connectivity index (χ3n) is 3.98. The van der Waals surface area contributed by atoms with Crippen molar-refractivity contribution >= 4 is 21.4 Å². The molecule has 5 heteroatoms. The third-order valence-corrected chi connectivity index (χ3v) is 6.85. The third kappa shape index (κ3) is 3.54. The van der Waals surface area contributed by atoms with Crippen molar-refractivity contribution in [2.24, 2.45) is 0 Å². The molecule has 3 rings (SSSR count). The summed E-state index contributed by atoms with van der Waals surface area (Å²) in [7, 11) is -3.14. The Morgan fingerprint density at radius 3 is 2.67 bits per heavy atom. The van der Waals surface area contributed by atoms with Gasteiger partial charge in [-0.2, -0.15) is 0 Å². The van der Waals surface area contributed by atoms with Crippen LogP contribution in [0.2, 0.25) is 0 Å². The molecule has 0 aliphatic carbocycles. The van der Waals surface area contributed by atoms with E-state index >= 15 is 0 Å². The number of thiophene rings is 1. The van der Waals surface area contributed by atoms with Crippen molar-refractivity contribution in [3.05, 3.63) is 58.3 Å². The number of aryl methyl sites for hydroxylation is 1. The van der Waals surface area contributed by atoms with E-state index in [1.807, 2.05) is 36.4 Å². The van der Waals surface area contributed by atoms with Crippen LogP contribution >= 0.6 is 11.3 Å². The molecule has 0 bridgehead atoms. The summed E-state index contributed by atoms with van der Waals surface area (Å²) < 4.78 is 26.6. The maximum absolute atomic E-state index is 12.5. The smallest absolute Gasteiger partial charge is 0.212 e. The number of benzene rings is 1. The zero-order chi connectivity index (χ0) is 14.7. The Balaban J connectivity index is 1.61. The van der Waals surface area contributed by atoms with E-state index in [0.717, 1.165) is 12.0 Å². The van der Waals surface area contributed by atoms with Crippen molar-refractivity contribution in [3.63, 3.8) is 0 Å². The van der Waals surface area contributed by atoms with Gasteiger partial charge in [0.1, 0.15) is 0 Å². The zero-order valence-electron chi connectivity index (χ0n) is 11.8. The monoisotopic (exact) mass is 321 g/mol. The Morgan fingerprint density at radius 1 is 1.14 bits per heavy atom. The molecule has 1 aliphatic rings. The lowest BCUT2D eigenvalue weighted by atomic mass is 10.1. The summed E-state index contributed by atoms with van der Waals surface area (Å²) in [6.45, 7) is 1.29. The van der Waals surface area contributed by atoms with Crippen molar-refractivity contribution in [3.8, 4) is 0 Å². The number of sulfonamides is 1. The van der Waals surface area contributed by atoms with E-state index in [0.29, 0.717) is 25.4 Å². The second-order valence-corrected chi connectivity index (χ2v) is 8.48. The molecule has 1 saturated heterocycles. The van der Waals surface area contributed by atoms with Gasteiger partial charge in [0.15, 0.2) is 0 Å². The largest absolute Gasteiger partial charge is 0.214 e. The first-order valence-corrected chi connectivity index (χ1v) is 9.69. The van der Waals surface area contributed by atoms with Crippen LogP contribution in [-0.2, 0) is 16.4 Å². The Hall–Kier alpha value is -1.17. The average Bonchev–Trinajstić information content (AvgIpc) is 3.17. The summed E-state index contributed by atoms with van der Waals surface area (Å²) >= 11 is 1.72. The van der Waals surface area contributed by atoms with Crippen LogP contribution in [0, 0.1) is 0 Å². The van der Waals surface area contributed by atoms with E-state index in [4.69, 9.17) is 0 Å². The summed E-state index contributed by atoms with van der Waals surface area (Å²) in [4.78, 5) is 1.30. The van der Waals surface area contributed by atoms with Crippen LogP contribution in [0.25, 0.3) is 0 Å². The van der Waals surface area contributed by atoms with Crippen LogP contribution in [0.4, 0.5) is 0 Å². The Kier molecular flexibility index (Phi) is 4.42. The minimum atomic E-state index is -3.14. The van der Waals surface area contributed by atoms with Gasteiger partial charge >= 0.3 is 0 Å². The molecule has 21 heavy (non-hydrogen) atoms. The van der Waals surface area contributed by atoms with E-state index < -0.39 is 10.0 Å². The first kappa shape index (κ1) is 14.8. The van der Waals surface area contributed by atoms with Crippen molar-refractivity contribution in [2.45, 2.75) is 18.8 Å². The van der Waals surface area contributed by atoms with E-state index in [2.05, 4.69) is 11.4 Å². The van der Waals surface area contributed by atoms with Crippen LogP contribution in [0.1, 0.15) is 22.8 Å². The second kappa shape index (κ2) is 6.30. The molecule has 1 aliphatic heterocycles. The molecule has 0 amide bonds. The SMILES string of the molecule is O=S(=O)(CCc1ccccc1)N1CCC(c2cccs2)C1. The molecule has 0 N–H and O–H groups in total. The normalized spacial score (nSPS) is 19.9. The Labute approximate surface area is 130 Å². The summed E-state index contributed by atoms with van der Waals surface area (Å²) in [5.74, 6) is 0.574. The van der Waals surface area contributed by atoms with Crippen LogP contribution in [0.5, 0.6) is 0 Å². The van der Waals surface area contributed by atoms with Gasteiger partial charge in [-0.25, -0.2) is 12.7 Å². The molecular formula is C16H19NO2S2. The number of nitrogens with zero attached hydrogens (tertiary/aromatic N) is 1. The molecule has 0 saturated carbocycles. The summed E-state index contributed by atoms with van der Waals surface area (Å²) in [6, 6.07) is 13.9. The molecular weight excluding hydrogens is 302 g/mol. The van der Waals surface area contributed by atoms with Crippen molar-refractivity contribution in [2.75, 3.05) is 18.8 Å². The molecule has 1 aromatic heterocycles. The van der Waals surface area contributed by atoms with Crippen LogP contribution in [-0.4, -0.2) is 31.6 Å². The summed E-state index contributed by atoms with van der Waals surface area (Å²) in [6.07, 6.45) is 1.52. The van der Waals surface area contributed by atoms with Crippen LogP contribution in [0.15, 0.2) is 47.8 Å². The molecule has 1 unspecified atom stereocenters. The van der Waals surface area contributed by atoms with E-state index in [1.165, 1.54) is 4.88 Å². The van der Waals surface area contributed by atoms with Crippen molar-refractivity contribution in [1.29, 1.82) is 0 Å². The predicted octanol–water partition coefficient (Wildman–Crippen LogP) is 3.11. The quantitative estimate of drug-likeness (QED) is 0.848. The van der Waals surface area contributed by atoms with Crippen molar-refractivity contribution in [1.82, 2.24) is 4.31 Å². The average molecular weight is 321 g/mol. The molecule has 1 fully saturated rings. The summed E-state index contributed by atoms with van der Waals surface area (Å²) in [5.41, 5.74) is 1.08. The number of hydrogen-bond donors (Lipinski definition) is 0. The van der Waals surface area contributed by atoms with Gasteiger partial charge in [-0.15, -0.1) is 11.3 Å². The maximum atomic E-state index is 12.5. The fraction of sp³-hybridized carbons (Fsp3) is 0.375. The first-order chi connectivity index (χ1) is 10.1. The fourth-order valence-corrected chi connectivity index (χ4v) is 5.16. The molecule has 1 aromatic carbocycles. The molecule has 0 radical (unpaired) electrons.